The van der Waals surface area contributed by atoms with E-state index in [-0.39, 0.29) is 0 Å². The molecule has 0 aliphatic rings. The minimum Gasteiger partial charge on any atom is -0.106 e. The summed E-state index contributed by atoms with van der Waals surface area (Å²) >= 11 is 0. The van der Waals surface area contributed by atoms with Crippen molar-refractivity contribution >= 4 is 0 Å². The molecule has 0 heteroatoms. The van der Waals surface area contributed by atoms with Crippen LogP contribution in [0.2, 0.25) is 0 Å². The Hall–Kier alpha value is -0.520. The van der Waals surface area contributed by atoms with E-state index in [0.29, 0.717) is 0 Å². The van der Waals surface area contributed by atoms with Crippen molar-refractivity contribution in [2.24, 2.45) is 5.92 Å². The summed E-state index contributed by atoms with van der Waals surface area (Å²) in [4.78, 5) is 0. The molecule has 0 aliphatic carbocycles. The Morgan fingerprint density at radius 2 is 1.54 bits per heavy atom. The van der Waals surface area contributed by atoms with Crippen LogP contribution in [0.4, 0.5) is 0 Å². The first-order valence-electron chi connectivity index (χ1n) is 5.29. The molecule has 0 aromatic rings. The molecule has 0 nitrogen and oxygen atoms in total. The fourth-order valence-corrected chi connectivity index (χ4v) is 0.348. The summed E-state index contributed by atoms with van der Waals surface area (Å²) in [6.45, 7) is 18.4. The smallest absolute Gasteiger partial charge is 0.0354 e. The van der Waals surface area contributed by atoms with Gasteiger partial charge in [-0.1, -0.05) is 53.0 Å². The molecule has 13 heavy (non-hydrogen) atoms. The third-order valence-electron chi connectivity index (χ3n) is 1.58. The molecular formula is C13H28. The number of allylic oxidation sites excluding steroid dienone is 1. The highest BCUT2D eigenvalue weighted by atomic mass is 13.9. The average molecular weight is 184 g/mol. The first-order valence-corrected chi connectivity index (χ1v) is 5.29. The van der Waals surface area contributed by atoms with Gasteiger partial charge in [-0.2, -0.15) is 0 Å². The predicted molar refractivity (Wildman–Crippen MR) is 66.1 cm³/mol. The molecule has 0 spiro atoms. The van der Waals surface area contributed by atoms with E-state index in [1.165, 1.54) is 25.7 Å². The lowest BCUT2D eigenvalue weighted by molar-refractivity contribution is 0.626. The molecule has 0 N–H and O–H groups in total. The van der Waals surface area contributed by atoms with Gasteiger partial charge in [0.1, 0.15) is 0 Å². The summed E-state index contributed by atoms with van der Waals surface area (Å²) in [5, 5.41) is 0. The van der Waals surface area contributed by atoms with E-state index < -0.39 is 0 Å². The maximum Gasteiger partial charge on any atom is -0.0354 e. The molecule has 0 rings (SSSR count). The van der Waals surface area contributed by atoms with E-state index in [2.05, 4.69) is 47.4 Å². The van der Waals surface area contributed by atoms with Crippen molar-refractivity contribution in [3.05, 3.63) is 25.8 Å². The Bertz CT molecular complexity index is 72.1. The van der Waals surface area contributed by atoms with Gasteiger partial charge in [0.25, 0.3) is 0 Å². The lowest BCUT2D eigenvalue weighted by Gasteiger charge is -1.90. The van der Waals surface area contributed by atoms with Crippen molar-refractivity contribution in [1.82, 2.24) is 0 Å². The lowest BCUT2D eigenvalue weighted by Crippen LogP contribution is -1.77. The maximum absolute atomic E-state index is 3.60. The van der Waals surface area contributed by atoms with Crippen LogP contribution in [-0.4, -0.2) is 0 Å². The number of unbranched alkanes of at least 4 members (excludes halogenated alkanes) is 2. The number of rotatable bonds is 4. The van der Waals surface area contributed by atoms with Crippen molar-refractivity contribution in [2.45, 2.75) is 53.4 Å². The van der Waals surface area contributed by atoms with Gasteiger partial charge in [-0.25, -0.2) is 0 Å². The number of hydrogen-bond donors (Lipinski definition) is 0. The molecule has 0 heterocycles. The van der Waals surface area contributed by atoms with E-state index >= 15 is 0 Å². The lowest BCUT2D eigenvalue weighted by atomic mass is 10.2. The zero-order valence-corrected chi connectivity index (χ0v) is 10.1. The Kier molecular flexibility index (Phi) is 31.7. The van der Waals surface area contributed by atoms with Crippen molar-refractivity contribution in [2.75, 3.05) is 0 Å². The first-order chi connectivity index (χ1) is 6.18. The van der Waals surface area contributed by atoms with Gasteiger partial charge >= 0.3 is 0 Å². The van der Waals surface area contributed by atoms with Crippen molar-refractivity contribution in [3.8, 4) is 0 Å². The molecule has 0 amide bonds. The SMILES string of the molecule is C=C.C=CCCCC.CCC(C)C. The van der Waals surface area contributed by atoms with Gasteiger partial charge < -0.3 is 0 Å². The molecule has 0 aromatic heterocycles. The fourth-order valence-electron chi connectivity index (χ4n) is 0.348. The average Bonchev–Trinajstić information content (AvgIpc) is 2.18. The molecule has 0 aliphatic heterocycles. The van der Waals surface area contributed by atoms with Crippen LogP contribution in [0.3, 0.4) is 0 Å². The molecule has 0 radical (unpaired) electrons. The van der Waals surface area contributed by atoms with Gasteiger partial charge in [-0.3, -0.25) is 0 Å². The normalized spacial score (nSPS) is 7.77. The van der Waals surface area contributed by atoms with Gasteiger partial charge in [-0.15, -0.1) is 19.7 Å². The summed E-state index contributed by atoms with van der Waals surface area (Å²) in [5.74, 6) is 0.884. The zero-order chi connectivity index (χ0) is 11.1. The number of hydrogen-bond acceptors (Lipinski definition) is 0. The molecule has 80 valence electrons. The monoisotopic (exact) mass is 184 g/mol. The third kappa shape index (κ3) is 51.4. The van der Waals surface area contributed by atoms with Gasteiger partial charge in [0.15, 0.2) is 0 Å². The minimum atomic E-state index is 0.884. The van der Waals surface area contributed by atoms with Crippen LogP contribution in [-0.2, 0) is 0 Å². The molecule has 0 unspecified atom stereocenters. The Balaban J connectivity index is -0.000000131. The summed E-state index contributed by atoms with van der Waals surface area (Å²) in [6, 6.07) is 0. The van der Waals surface area contributed by atoms with E-state index in [4.69, 9.17) is 0 Å². The summed E-state index contributed by atoms with van der Waals surface area (Å²) in [6.07, 6.45) is 7.02. The molecular weight excluding hydrogens is 156 g/mol. The van der Waals surface area contributed by atoms with Crippen LogP contribution < -0.4 is 0 Å². The zero-order valence-electron chi connectivity index (χ0n) is 10.1. The van der Waals surface area contributed by atoms with E-state index in [0.717, 1.165) is 5.92 Å². The van der Waals surface area contributed by atoms with E-state index in [9.17, 15) is 0 Å². The van der Waals surface area contributed by atoms with E-state index in [1.807, 2.05) is 6.08 Å². The largest absolute Gasteiger partial charge is 0.106 e. The highest BCUT2D eigenvalue weighted by Crippen LogP contribution is 1.93. The van der Waals surface area contributed by atoms with Crippen molar-refractivity contribution in [1.29, 1.82) is 0 Å². The third-order valence-corrected chi connectivity index (χ3v) is 1.58. The summed E-state index contributed by atoms with van der Waals surface area (Å²) in [5.41, 5.74) is 0. The molecule has 0 fully saturated rings. The van der Waals surface area contributed by atoms with Crippen LogP contribution in [0.15, 0.2) is 25.8 Å². The second-order valence-electron chi connectivity index (χ2n) is 3.23. The first kappa shape index (κ1) is 18.3. The molecule has 0 saturated heterocycles. The minimum absolute atomic E-state index is 0.884. The van der Waals surface area contributed by atoms with Gasteiger partial charge in [-0.05, 0) is 12.3 Å². The highest BCUT2D eigenvalue weighted by Gasteiger charge is 1.80. The van der Waals surface area contributed by atoms with Crippen LogP contribution in [0.1, 0.15) is 53.4 Å². The quantitative estimate of drug-likeness (QED) is 0.415. The van der Waals surface area contributed by atoms with Crippen molar-refractivity contribution in [3.63, 3.8) is 0 Å². The molecule has 0 atom stereocenters. The molecule has 0 bridgehead atoms. The van der Waals surface area contributed by atoms with Gasteiger partial charge in [0.05, 0.1) is 0 Å². The standard InChI is InChI=1S/C6H12.C5H12.C2H4/c1-3-5-6-4-2;1-4-5(2)3;1-2/h3H,1,4-6H2,2H3;5H,4H2,1-3H3;1-2H2. The fraction of sp³-hybridized carbons (Fsp3) is 0.692. The summed E-state index contributed by atoms with van der Waals surface area (Å²) < 4.78 is 0. The Morgan fingerprint density at radius 1 is 1.15 bits per heavy atom. The van der Waals surface area contributed by atoms with Crippen LogP contribution in [0.25, 0.3) is 0 Å². The van der Waals surface area contributed by atoms with Crippen LogP contribution in [0.5, 0.6) is 0 Å². The second-order valence-corrected chi connectivity index (χ2v) is 3.23. The second kappa shape index (κ2) is 22.5. The Labute approximate surface area is 85.8 Å². The van der Waals surface area contributed by atoms with Crippen molar-refractivity contribution < 1.29 is 0 Å². The maximum atomic E-state index is 3.60. The summed E-state index contributed by atoms with van der Waals surface area (Å²) in [7, 11) is 0. The van der Waals surface area contributed by atoms with Crippen LogP contribution in [0, 0.1) is 5.92 Å². The topological polar surface area (TPSA) is 0 Å². The molecule has 0 saturated carbocycles. The van der Waals surface area contributed by atoms with E-state index in [1.54, 1.807) is 0 Å². The van der Waals surface area contributed by atoms with Gasteiger partial charge in [0.2, 0.25) is 0 Å². The molecule has 0 aromatic carbocycles. The predicted octanol–water partition coefficient (Wildman–Crippen LogP) is 5.22. The highest BCUT2D eigenvalue weighted by molar-refractivity contribution is 4.64. The Morgan fingerprint density at radius 3 is 1.62 bits per heavy atom. The van der Waals surface area contributed by atoms with Gasteiger partial charge in [0, 0.05) is 0 Å². The van der Waals surface area contributed by atoms with Crippen LogP contribution >= 0.6 is 0 Å².